The Labute approximate surface area is 121 Å². The van der Waals surface area contributed by atoms with Crippen molar-refractivity contribution < 1.29 is 4.74 Å². The highest BCUT2D eigenvalue weighted by Crippen LogP contribution is 2.38. The molecule has 1 aliphatic rings. The molecule has 0 unspecified atom stereocenters. The molecule has 2 heteroatoms. The van der Waals surface area contributed by atoms with Crippen molar-refractivity contribution in [2.75, 3.05) is 26.8 Å². The summed E-state index contributed by atoms with van der Waals surface area (Å²) in [4.78, 5) is 0. The molecule has 0 bridgehead atoms. The summed E-state index contributed by atoms with van der Waals surface area (Å²) >= 11 is 0. The van der Waals surface area contributed by atoms with Crippen molar-refractivity contribution in [2.45, 2.75) is 25.2 Å². The molecule has 1 fully saturated rings. The van der Waals surface area contributed by atoms with E-state index in [0.717, 1.165) is 19.8 Å². The lowest BCUT2D eigenvalue weighted by atomic mass is 9.74. The molecule has 20 heavy (non-hydrogen) atoms. The lowest BCUT2D eigenvalue weighted by Crippen LogP contribution is -2.47. The smallest absolute Gasteiger partial charge is 0.0585 e. The van der Waals surface area contributed by atoms with Crippen molar-refractivity contribution in [1.29, 1.82) is 0 Å². The highest BCUT2D eigenvalue weighted by molar-refractivity contribution is 5.84. The molecule has 2 aromatic rings. The molecule has 0 atom stereocenters. The number of hydrogen-bond donors (Lipinski definition) is 1. The number of nitrogens with one attached hydrogen (secondary N) is 1. The number of fused-ring (bicyclic) bond motifs is 1. The van der Waals surface area contributed by atoms with E-state index in [9.17, 15) is 0 Å². The second-order valence-electron chi connectivity index (χ2n) is 6.05. The molecule has 0 aromatic heterocycles. The minimum absolute atomic E-state index is 0.246. The summed E-state index contributed by atoms with van der Waals surface area (Å²) in [5.74, 6) is 0. The lowest BCUT2D eigenvalue weighted by Gasteiger charge is -2.42. The molecule has 1 N–H and O–H groups in total. The summed E-state index contributed by atoms with van der Waals surface area (Å²) in [5.41, 5.74) is 3.01. The van der Waals surface area contributed by atoms with Crippen molar-refractivity contribution in [2.24, 2.45) is 0 Å². The van der Waals surface area contributed by atoms with Crippen LogP contribution in [0.3, 0.4) is 0 Å². The molecule has 0 radical (unpaired) electrons. The first-order chi connectivity index (χ1) is 9.73. The van der Waals surface area contributed by atoms with E-state index in [0.29, 0.717) is 0 Å². The first-order valence-electron chi connectivity index (χ1n) is 7.47. The van der Waals surface area contributed by atoms with Crippen molar-refractivity contribution in [3.8, 4) is 0 Å². The Morgan fingerprint density at radius 2 is 1.85 bits per heavy atom. The van der Waals surface area contributed by atoms with Gasteiger partial charge in [-0.15, -0.1) is 0 Å². The number of rotatable bonds is 5. The number of aryl methyl sites for hydroxylation is 1. The third-order valence-electron chi connectivity index (χ3n) is 4.45. The van der Waals surface area contributed by atoms with Crippen LogP contribution < -0.4 is 5.32 Å². The maximum absolute atomic E-state index is 5.53. The zero-order valence-electron chi connectivity index (χ0n) is 12.4. The van der Waals surface area contributed by atoms with E-state index in [4.69, 9.17) is 4.74 Å². The molecule has 1 saturated heterocycles. The molecule has 0 amide bonds. The van der Waals surface area contributed by atoms with Crippen LogP contribution in [-0.2, 0) is 10.2 Å². The third kappa shape index (κ3) is 2.46. The first-order valence-corrected chi connectivity index (χ1v) is 7.47. The SMILES string of the molecule is CNCCCC1(c2ccc3cc(C)ccc3c2)COC1. The summed E-state index contributed by atoms with van der Waals surface area (Å²) in [6.45, 7) is 4.96. The number of ether oxygens (including phenoxy) is 1. The van der Waals surface area contributed by atoms with Crippen LogP contribution in [-0.4, -0.2) is 26.8 Å². The van der Waals surface area contributed by atoms with Crippen LogP contribution in [0.2, 0.25) is 0 Å². The third-order valence-corrected chi connectivity index (χ3v) is 4.45. The highest BCUT2D eigenvalue weighted by atomic mass is 16.5. The van der Waals surface area contributed by atoms with Gasteiger partial charge >= 0.3 is 0 Å². The van der Waals surface area contributed by atoms with Gasteiger partial charge in [-0.05, 0) is 49.7 Å². The number of benzene rings is 2. The van der Waals surface area contributed by atoms with Crippen molar-refractivity contribution in [3.05, 3.63) is 47.5 Å². The first kappa shape index (κ1) is 13.6. The van der Waals surface area contributed by atoms with E-state index in [1.807, 2.05) is 7.05 Å². The maximum Gasteiger partial charge on any atom is 0.0585 e. The van der Waals surface area contributed by atoms with E-state index in [1.54, 1.807) is 0 Å². The Hall–Kier alpha value is -1.38. The molecule has 106 valence electrons. The van der Waals surface area contributed by atoms with Crippen molar-refractivity contribution in [3.63, 3.8) is 0 Å². The van der Waals surface area contributed by atoms with Crippen molar-refractivity contribution >= 4 is 10.8 Å². The molecule has 2 aromatic carbocycles. The fourth-order valence-electron chi connectivity index (χ4n) is 3.10. The Bertz CT molecular complexity index is 601. The zero-order chi connectivity index (χ0) is 14.0. The Morgan fingerprint density at radius 3 is 2.55 bits per heavy atom. The van der Waals surface area contributed by atoms with Crippen LogP contribution in [0, 0.1) is 6.92 Å². The van der Waals surface area contributed by atoms with E-state index in [1.165, 1.54) is 34.7 Å². The molecule has 2 nitrogen and oxygen atoms in total. The predicted octanol–water partition coefficient (Wildman–Crippen LogP) is 3.42. The van der Waals surface area contributed by atoms with Crippen LogP contribution in [0.25, 0.3) is 10.8 Å². The topological polar surface area (TPSA) is 21.3 Å². The quantitative estimate of drug-likeness (QED) is 0.840. The number of hydrogen-bond acceptors (Lipinski definition) is 2. The molecule has 1 aliphatic heterocycles. The lowest BCUT2D eigenvalue weighted by molar-refractivity contribution is -0.0650. The highest BCUT2D eigenvalue weighted by Gasteiger charge is 2.39. The molecule has 1 heterocycles. The second-order valence-corrected chi connectivity index (χ2v) is 6.05. The van der Waals surface area contributed by atoms with E-state index >= 15 is 0 Å². The minimum Gasteiger partial charge on any atom is -0.379 e. The summed E-state index contributed by atoms with van der Waals surface area (Å²) in [5, 5.41) is 5.91. The predicted molar refractivity (Wildman–Crippen MR) is 84.3 cm³/mol. The molecule has 0 saturated carbocycles. The van der Waals surface area contributed by atoms with Gasteiger partial charge in [-0.2, -0.15) is 0 Å². The molecular formula is C18H23NO. The second kappa shape index (κ2) is 5.55. The minimum atomic E-state index is 0.246. The van der Waals surface area contributed by atoms with Gasteiger partial charge in [-0.3, -0.25) is 0 Å². The van der Waals surface area contributed by atoms with Crippen LogP contribution in [0.5, 0.6) is 0 Å². The van der Waals surface area contributed by atoms with Crippen LogP contribution in [0.15, 0.2) is 36.4 Å². The largest absolute Gasteiger partial charge is 0.379 e. The Morgan fingerprint density at radius 1 is 1.10 bits per heavy atom. The van der Waals surface area contributed by atoms with Gasteiger partial charge in [0.25, 0.3) is 0 Å². The van der Waals surface area contributed by atoms with Crippen LogP contribution in [0.4, 0.5) is 0 Å². The summed E-state index contributed by atoms with van der Waals surface area (Å²) in [6, 6.07) is 13.6. The van der Waals surface area contributed by atoms with Gasteiger partial charge < -0.3 is 10.1 Å². The fraction of sp³-hybridized carbons (Fsp3) is 0.444. The normalized spacial score (nSPS) is 17.1. The van der Waals surface area contributed by atoms with E-state index in [2.05, 4.69) is 48.6 Å². The fourth-order valence-corrected chi connectivity index (χ4v) is 3.10. The van der Waals surface area contributed by atoms with E-state index < -0.39 is 0 Å². The molecule has 0 aliphatic carbocycles. The molecule has 3 rings (SSSR count). The van der Waals surface area contributed by atoms with Crippen LogP contribution in [0.1, 0.15) is 24.0 Å². The average molecular weight is 269 g/mol. The molecule has 0 spiro atoms. The van der Waals surface area contributed by atoms with Crippen molar-refractivity contribution in [1.82, 2.24) is 5.32 Å². The Kier molecular flexibility index (Phi) is 3.77. The van der Waals surface area contributed by atoms with E-state index in [-0.39, 0.29) is 5.41 Å². The average Bonchev–Trinajstić information content (AvgIpc) is 2.41. The van der Waals surface area contributed by atoms with Gasteiger partial charge in [0.05, 0.1) is 13.2 Å². The summed E-state index contributed by atoms with van der Waals surface area (Å²) < 4.78 is 5.53. The standard InChI is InChI=1S/C18H23NO/c1-14-4-5-16-11-17(7-6-15(16)10-14)18(12-20-13-18)8-3-9-19-2/h4-7,10-11,19H,3,8-9,12-13H2,1-2H3. The van der Waals surface area contributed by atoms with Gasteiger partial charge in [0.15, 0.2) is 0 Å². The van der Waals surface area contributed by atoms with Gasteiger partial charge in [-0.1, -0.05) is 42.0 Å². The van der Waals surface area contributed by atoms with Gasteiger partial charge in [-0.25, -0.2) is 0 Å². The summed E-state index contributed by atoms with van der Waals surface area (Å²) in [7, 11) is 2.02. The van der Waals surface area contributed by atoms with Gasteiger partial charge in [0, 0.05) is 5.41 Å². The molecular weight excluding hydrogens is 246 g/mol. The van der Waals surface area contributed by atoms with Gasteiger partial charge in [0.1, 0.15) is 0 Å². The van der Waals surface area contributed by atoms with Gasteiger partial charge in [0.2, 0.25) is 0 Å². The monoisotopic (exact) mass is 269 g/mol. The maximum atomic E-state index is 5.53. The summed E-state index contributed by atoms with van der Waals surface area (Å²) in [6.07, 6.45) is 2.40. The zero-order valence-corrected chi connectivity index (χ0v) is 12.4. The Balaban J connectivity index is 1.89. The van der Waals surface area contributed by atoms with Crippen LogP contribution >= 0.6 is 0 Å².